The van der Waals surface area contributed by atoms with Crippen LogP contribution in [0.1, 0.15) is 38.8 Å². The molecular weight excluding hydrogens is 322 g/mol. The first-order valence-corrected chi connectivity index (χ1v) is 9.27. The fourth-order valence-corrected chi connectivity index (χ4v) is 4.33. The monoisotopic (exact) mass is 347 g/mol. The van der Waals surface area contributed by atoms with Gasteiger partial charge in [-0.3, -0.25) is 4.79 Å². The van der Waals surface area contributed by atoms with Crippen LogP contribution >= 0.6 is 0 Å². The third kappa shape index (κ3) is 2.20. The van der Waals surface area contributed by atoms with Crippen LogP contribution in [0.3, 0.4) is 0 Å². The lowest BCUT2D eigenvalue weighted by atomic mass is 9.84. The van der Waals surface area contributed by atoms with Gasteiger partial charge in [0.1, 0.15) is 6.23 Å². The van der Waals surface area contributed by atoms with Gasteiger partial charge >= 0.3 is 0 Å². The summed E-state index contributed by atoms with van der Waals surface area (Å²) in [5.74, 6) is 0.204. The first kappa shape index (κ1) is 17.0. The molecule has 2 aromatic rings. The SMILES string of the molecule is CC1=C(C)[C@H](C)N2C(=O)C(c3ccccc3)(c3ccccc3)O[C@@H]2[C@@H]1C. The fourth-order valence-electron chi connectivity index (χ4n) is 4.33. The summed E-state index contributed by atoms with van der Waals surface area (Å²) >= 11 is 0. The molecule has 4 rings (SSSR count). The van der Waals surface area contributed by atoms with Gasteiger partial charge in [0.15, 0.2) is 5.60 Å². The van der Waals surface area contributed by atoms with E-state index in [0.717, 1.165) is 11.1 Å². The molecule has 0 aromatic heterocycles. The molecule has 0 radical (unpaired) electrons. The Balaban J connectivity index is 1.92. The highest BCUT2D eigenvalue weighted by Gasteiger charge is 2.59. The lowest BCUT2D eigenvalue weighted by molar-refractivity contribution is -0.135. The van der Waals surface area contributed by atoms with E-state index in [1.807, 2.05) is 65.6 Å². The molecule has 0 aliphatic carbocycles. The van der Waals surface area contributed by atoms with Gasteiger partial charge in [-0.2, -0.15) is 0 Å². The van der Waals surface area contributed by atoms with E-state index >= 15 is 0 Å². The van der Waals surface area contributed by atoms with Crippen LogP contribution in [0.25, 0.3) is 0 Å². The van der Waals surface area contributed by atoms with Crippen LogP contribution in [0.15, 0.2) is 71.8 Å². The highest BCUT2D eigenvalue weighted by atomic mass is 16.6. The summed E-state index contributed by atoms with van der Waals surface area (Å²) in [5, 5.41) is 0. The molecule has 3 heteroatoms. The van der Waals surface area contributed by atoms with Crippen LogP contribution in [0.4, 0.5) is 0 Å². The first-order valence-electron chi connectivity index (χ1n) is 9.27. The maximum absolute atomic E-state index is 13.8. The van der Waals surface area contributed by atoms with Gasteiger partial charge in [-0.1, -0.05) is 78.7 Å². The van der Waals surface area contributed by atoms with E-state index in [0.29, 0.717) is 0 Å². The number of amides is 1. The highest BCUT2D eigenvalue weighted by Crippen LogP contribution is 2.48. The Morgan fingerprint density at radius 3 is 1.85 bits per heavy atom. The molecule has 26 heavy (non-hydrogen) atoms. The van der Waals surface area contributed by atoms with E-state index in [9.17, 15) is 4.79 Å². The zero-order chi connectivity index (χ0) is 18.5. The van der Waals surface area contributed by atoms with Crippen LogP contribution in [0, 0.1) is 5.92 Å². The molecular formula is C23H25NO2. The van der Waals surface area contributed by atoms with Crippen molar-refractivity contribution in [2.24, 2.45) is 5.92 Å². The van der Waals surface area contributed by atoms with Gasteiger partial charge in [-0.15, -0.1) is 0 Å². The number of fused-ring (bicyclic) bond motifs is 1. The molecule has 0 spiro atoms. The third-order valence-corrected chi connectivity index (χ3v) is 6.24. The van der Waals surface area contributed by atoms with Gasteiger partial charge in [0.25, 0.3) is 5.91 Å². The molecule has 0 saturated carbocycles. The third-order valence-electron chi connectivity index (χ3n) is 6.24. The Morgan fingerprint density at radius 1 is 0.846 bits per heavy atom. The second-order valence-corrected chi connectivity index (χ2v) is 7.46. The number of carbonyl (C=O) groups is 1. The van der Waals surface area contributed by atoms with Gasteiger partial charge in [0, 0.05) is 5.92 Å². The summed E-state index contributed by atoms with van der Waals surface area (Å²) < 4.78 is 6.68. The minimum Gasteiger partial charge on any atom is -0.332 e. The van der Waals surface area contributed by atoms with E-state index in [4.69, 9.17) is 4.74 Å². The standard InChI is InChI=1S/C23H25NO2/c1-15-16(2)18(4)24-21(17(15)3)26-23(22(24)25,19-11-7-5-8-12-19)20-13-9-6-10-14-20/h5-14,17-18,21H,1-4H3/t17-,18+,21-/m1/s1. The Bertz CT molecular complexity index is 817. The molecule has 2 aliphatic rings. The second-order valence-electron chi connectivity index (χ2n) is 7.46. The van der Waals surface area contributed by atoms with Crippen molar-refractivity contribution in [2.75, 3.05) is 0 Å². The van der Waals surface area contributed by atoms with E-state index in [1.54, 1.807) is 0 Å². The van der Waals surface area contributed by atoms with Gasteiger partial charge in [-0.25, -0.2) is 0 Å². The average Bonchev–Trinajstić information content (AvgIpc) is 3.00. The summed E-state index contributed by atoms with van der Waals surface area (Å²) in [5.41, 5.74) is 3.28. The molecule has 1 amide bonds. The molecule has 2 aliphatic heterocycles. The van der Waals surface area contributed by atoms with Crippen molar-refractivity contribution in [1.29, 1.82) is 0 Å². The number of carbonyl (C=O) groups excluding carboxylic acids is 1. The molecule has 1 saturated heterocycles. The van der Waals surface area contributed by atoms with Crippen molar-refractivity contribution in [3.63, 3.8) is 0 Å². The summed E-state index contributed by atoms with van der Waals surface area (Å²) in [6.45, 7) is 8.55. The lowest BCUT2D eigenvalue weighted by Crippen LogP contribution is -2.49. The number of hydrogen-bond acceptors (Lipinski definition) is 2. The summed E-state index contributed by atoms with van der Waals surface area (Å²) in [7, 11) is 0. The maximum atomic E-state index is 13.8. The second kappa shape index (κ2) is 6.10. The Kier molecular flexibility index (Phi) is 4.00. The number of benzene rings is 2. The van der Waals surface area contributed by atoms with E-state index < -0.39 is 5.60 Å². The fraction of sp³-hybridized carbons (Fsp3) is 0.348. The molecule has 0 unspecified atom stereocenters. The Morgan fingerprint density at radius 2 is 1.35 bits per heavy atom. The molecule has 3 nitrogen and oxygen atoms in total. The van der Waals surface area contributed by atoms with Crippen molar-refractivity contribution >= 4 is 5.91 Å². The van der Waals surface area contributed by atoms with Gasteiger partial charge < -0.3 is 9.64 Å². The topological polar surface area (TPSA) is 29.5 Å². The maximum Gasteiger partial charge on any atom is 0.266 e. The molecule has 0 N–H and O–H groups in total. The van der Waals surface area contributed by atoms with Gasteiger partial charge in [0.05, 0.1) is 6.04 Å². The molecule has 134 valence electrons. The van der Waals surface area contributed by atoms with Crippen molar-refractivity contribution in [2.45, 2.75) is 45.6 Å². The smallest absolute Gasteiger partial charge is 0.266 e. The highest BCUT2D eigenvalue weighted by molar-refractivity contribution is 5.93. The number of rotatable bonds is 2. The average molecular weight is 347 g/mol. The predicted octanol–water partition coefficient (Wildman–Crippen LogP) is 4.49. The quantitative estimate of drug-likeness (QED) is 0.749. The van der Waals surface area contributed by atoms with Crippen LogP contribution < -0.4 is 0 Å². The molecule has 2 aromatic carbocycles. The van der Waals surface area contributed by atoms with E-state index in [2.05, 4.69) is 27.7 Å². The lowest BCUT2D eigenvalue weighted by Gasteiger charge is -2.39. The molecule has 0 bridgehead atoms. The molecule has 2 heterocycles. The van der Waals surface area contributed by atoms with Crippen molar-refractivity contribution in [3.8, 4) is 0 Å². The Hall–Kier alpha value is -2.39. The normalized spacial score (nSPS) is 27.6. The van der Waals surface area contributed by atoms with Crippen LogP contribution in [-0.2, 0) is 15.1 Å². The van der Waals surface area contributed by atoms with Crippen LogP contribution in [0.5, 0.6) is 0 Å². The summed E-state index contributed by atoms with van der Waals surface area (Å²) in [4.78, 5) is 15.8. The van der Waals surface area contributed by atoms with Crippen molar-refractivity contribution in [1.82, 2.24) is 4.90 Å². The predicted molar refractivity (Wildman–Crippen MR) is 102 cm³/mol. The minimum absolute atomic E-state index is 0.0334. The van der Waals surface area contributed by atoms with E-state index in [-0.39, 0.29) is 24.1 Å². The van der Waals surface area contributed by atoms with Crippen molar-refractivity contribution < 1.29 is 9.53 Å². The number of ether oxygens (including phenoxy) is 1. The first-order chi connectivity index (χ1) is 12.5. The number of nitrogens with zero attached hydrogens (tertiary/aromatic N) is 1. The van der Waals surface area contributed by atoms with E-state index in [1.165, 1.54) is 11.1 Å². The van der Waals surface area contributed by atoms with Gasteiger partial charge in [-0.05, 0) is 31.9 Å². The van der Waals surface area contributed by atoms with Crippen LogP contribution in [0.2, 0.25) is 0 Å². The van der Waals surface area contributed by atoms with Crippen LogP contribution in [-0.4, -0.2) is 23.1 Å². The summed E-state index contributed by atoms with van der Waals surface area (Å²) in [6.07, 6.45) is -0.249. The van der Waals surface area contributed by atoms with Gasteiger partial charge in [0.2, 0.25) is 0 Å². The summed E-state index contributed by atoms with van der Waals surface area (Å²) in [6, 6.07) is 19.8. The number of hydrogen-bond donors (Lipinski definition) is 0. The zero-order valence-electron chi connectivity index (χ0n) is 15.8. The zero-order valence-corrected chi connectivity index (χ0v) is 15.8. The molecule has 3 atom stereocenters. The molecule has 1 fully saturated rings. The largest absolute Gasteiger partial charge is 0.332 e. The Labute approximate surface area is 155 Å². The minimum atomic E-state index is -1.08. The van der Waals surface area contributed by atoms with Crippen molar-refractivity contribution in [3.05, 3.63) is 82.9 Å².